The van der Waals surface area contributed by atoms with E-state index >= 15 is 0 Å². The topological polar surface area (TPSA) is 40.5 Å². The molecule has 1 aliphatic carbocycles. The molecule has 2 rings (SSSR count). The molecule has 0 unspecified atom stereocenters. The van der Waals surface area contributed by atoms with Crippen molar-refractivity contribution in [3.8, 4) is 0 Å². The Hall–Kier alpha value is -0.520. The number of aliphatic hydroxyl groups is 1. The average molecular weight is 344 g/mol. The van der Waals surface area contributed by atoms with E-state index in [1.54, 1.807) is 11.8 Å². The first-order valence-electron chi connectivity index (χ1n) is 6.41. The van der Waals surface area contributed by atoms with E-state index in [4.69, 9.17) is 5.11 Å². The molecule has 19 heavy (non-hydrogen) atoms. The van der Waals surface area contributed by atoms with E-state index in [0.29, 0.717) is 18.3 Å². The highest BCUT2D eigenvalue weighted by Crippen LogP contribution is 2.29. The Morgan fingerprint density at radius 1 is 1.53 bits per heavy atom. The molecule has 0 bridgehead atoms. The zero-order valence-electron chi connectivity index (χ0n) is 10.9. The van der Waals surface area contributed by atoms with Crippen molar-refractivity contribution >= 4 is 33.6 Å². The lowest BCUT2D eigenvalue weighted by molar-refractivity contribution is -0.129. The normalized spacial score (nSPS) is 14.5. The predicted molar refractivity (Wildman–Crippen MR) is 81.4 cm³/mol. The Morgan fingerprint density at radius 2 is 2.26 bits per heavy atom. The van der Waals surface area contributed by atoms with Gasteiger partial charge < -0.3 is 10.0 Å². The molecule has 0 heterocycles. The molecule has 1 aromatic carbocycles. The molecule has 104 valence electrons. The van der Waals surface area contributed by atoms with Crippen molar-refractivity contribution in [2.45, 2.75) is 30.7 Å². The predicted octanol–water partition coefficient (Wildman–Crippen LogP) is 2.83. The van der Waals surface area contributed by atoms with Gasteiger partial charge in [0, 0.05) is 22.0 Å². The van der Waals surface area contributed by atoms with Gasteiger partial charge in [-0.15, -0.1) is 11.8 Å². The van der Waals surface area contributed by atoms with E-state index in [1.165, 1.54) is 5.56 Å². The molecule has 1 fully saturated rings. The summed E-state index contributed by atoms with van der Waals surface area (Å²) >= 11 is 5.00. The van der Waals surface area contributed by atoms with Crippen LogP contribution in [-0.2, 0) is 4.79 Å². The third-order valence-corrected chi connectivity index (χ3v) is 4.79. The largest absolute Gasteiger partial charge is 0.395 e. The van der Waals surface area contributed by atoms with Gasteiger partial charge in [0.05, 0.1) is 12.4 Å². The van der Waals surface area contributed by atoms with Crippen LogP contribution in [0.5, 0.6) is 0 Å². The Labute approximate surface area is 126 Å². The molecule has 1 aromatic rings. The first kappa shape index (κ1) is 14.9. The number of benzene rings is 1. The molecule has 1 amide bonds. The van der Waals surface area contributed by atoms with Gasteiger partial charge in [-0.1, -0.05) is 15.9 Å². The third-order valence-electron chi connectivity index (χ3n) is 3.14. The van der Waals surface area contributed by atoms with E-state index in [0.717, 1.165) is 22.2 Å². The fourth-order valence-electron chi connectivity index (χ4n) is 2.00. The van der Waals surface area contributed by atoms with Crippen LogP contribution in [0, 0.1) is 6.92 Å². The quantitative estimate of drug-likeness (QED) is 0.807. The Balaban J connectivity index is 1.91. The second kappa shape index (κ2) is 6.77. The van der Waals surface area contributed by atoms with Crippen molar-refractivity contribution in [3.05, 3.63) is 28.2 Å². The number of thioether (sulfide) groups is 1. The molecular weight excluding hydrogens is 326 g/mol. The van der Waals surface area contributed by atoms with Crippen LogP contribution in [0.15, 0.2) is 27.6 Å². The van der Waals surface area contributed by atoms with Crippen LogP contribution in [0.3, 0.4) is 0 Å². The van der Waals surface area contributed by atoms with Gasteiger partial charge in [-0.2, -0.15) is 0 Å². The van der Waals surface area contributed by atoms with Crippen molar-refractivity contribution in [2.75, 3.05) is 18.9 Å². The van der Waals surface area contributed by atoms with Crippen LogP contribution in [0.25, 0.3) is 0 Å². The number of nitrogens with zero attached hydrogens (tertiary/aromatic N) is 1. The number of carbonyl (C=O) groups excluding carboxylic acids is 1. The summed E-state index contributed by atoms with van der Waals surface area (Å²) in [5.74, 6) is 0.572. The van der Waals surface area contributed by atoms with Crippen molar-refractivity contribution in [1.82, 2.24) is 4.90 Å². The van der Waals surface area contributed by atoms with Gasteiger partial charge in [-0.3, -0.25) is 4.79 Å². The fourth-order valence-corrected chi connectivity index (χ4v) is 3.37. The summed E-state index contributed by atoms with van der Waals surface area (Å²) in [6.45, 7) is 2.55. The summed E-state index contributed by atoms with van der Waals surface area (Å²) in [7, 11) is 0. The lowest BCUT2D eigenvalue weighted by Crippen LogP contribution is -2.36. The monoisotopic (exact) mass is 343 g/mol. The second-order valence-electron chi connectivity index (χ2n) is 4.74. The standard InChI is InChI=1S/C14H18BrNO2S/c1-10-8-11(15)2-5-13(10)19-9-14(18)16(6-7-17)12-3-4-12/h2,5,8,12,17H,3-4,6-7,9H2,1H3. The number of amides is 1. The van der Waals surface area contributed by atoms with Gasteiger partial charge in [0.15, 0.2) is 0 Å². The van der Waals surface area contributed by atoms with E-state index in [2.05, 4.69) is 22.0 Å². The number of halogens is 1. The molecule has 1 saturated carbocycles. The molecule has 0 radical (unpaired) electrons. The smallest absolute Gasteiger partial charge is 0.233 e. The molecule has 5 heteroatoms. The minimum Gasteiger partial charge on any atom is -0.395 e. The number of aliphatic hydroxyl groups excluding tert-OH is 1. The summed E-state index contributed by atoms with van der Waals surface area (Å²) < 4.78 is 1.06. The minimum absolute atomic E-state index is 0.0459. The van der Waals surface area contributed by atoms with Crippen molar-refractivity contribution < 1.29 is 9.90 Å². The Bertz CT molecular complexity index is 463. The van der Waals surface area contributed by atoms with Crippen molar-refractivity contribution in [1.29, 1.82) is 0 Å². The summed E-state index contributed by atoms with van der Waals surface area (Å²) in [4.78, 5) is 15.1. The molecule has 1 N–H and O–H groups in total. The first-order valence-corrected chi connectivity index (χ1v) is 8.19. The lowest BCUT2D eigenvalue weighted by Gasteiger charge is -2.21. The summed E-state index contributed by atoms with van der Waals surface area (Å²) in [5.41, 5.74) is 1.17. The zero-order chi connectivity index (χ0) is 13.8. The van der Waals surface area contributed by atoms with Crippen molar-refractivity contribution in [2.24, 2.45) is 0 Å². The Kier molecular flexibility index (Phi) is 5.30. The highest BCUT2D eigenvalue weighted by Gasteiger charge is 2.31. The highest BCUT2D eigenvalue weighted by molar-refractivity contribution is 9.10. The van der Waals surface area contributed by atoms with Crippen LogP contribution < -0.4 is 0 Å². The number of hydrogen-bond acceptors (Lipinski definition) is 3. The molecule has 0 aliphatic heterocycles. The van der Waals surface area contributed by atoms with E-state index in [1.807, 2.05) is 24.0 Å². The van der Waals surface area contributed by atoms with E-state index in [-0.39, 0.29) is 12.5 Å². The van der Waals surface area contributed by atoms with Crippen LogP contribution in [-0.4, -0.2) is 40.9 Å². The maximum absolute atomic E-state index is 12.2. The first-order chi connectivity index (χ1) is 9.11. The number of carbonyl (C=O) groups is 1. The number of rotatable bonds is 6. The maximum atomic E-state index is 12.2. The van der Waals surface area contributed by atoms with Crippen LogP contribution in [0.4, 0.5) is 0 Å². The van der Waals surface area contributed by atoms with E-state index < -0.39 is 0 Å². The number of hydrogen-bond donors (Lipinski definition) is 1. The van der Waals surface area contributed by atoms with Gasteiger partial charge in [0.25, 0.3) is 0 Å². The van der Waals surface area contributed by atoms with Gasteiger partial charge in [-0.05, 0) is 43.5 Å². The van der Waals surface area contributed by atoms with Crippen LogP contribution >= 0.6 is 27.7 Å². The lowest BCUT2D eigenvalue weighted by atomic mass is 10.2. The summed E-state index contributed by atoms with van der Waals surface area (Å²) in [6.07, 6.45) is 2.15. The van der Waals surface area contributed by atoms with Gasteiger partial charge >= 0.3 is 0 Å². The van der Waals surface area contributed by atoms with Gasteiger partial charge in [0.1, 0.15) is 0 Å². The number of aryl methyl sites for hydroxylation is 1. The SMILES string of the molecule is Cc1cc(Br)ccc1SCC(=O)N(CCO)C1CC1. The van der Waals surface area contributed by atoms with Gasteiger partial charge in [-0.25, -0.2) is 0 Å². The third kappa shape index (κ3) is 4.23. The maximum Gasteiger partial charge on any atom is 0.233 e. The molecule has 0 spiro atoms. The molecule has 3 nitrogen and oxygen atoms in total. The van der Waals surface area contributed by atoms with Crippen LogP contribution in [0.2, 0.25) is 0 Å². The van der Waals surface area contributed by atoms with Crippen LogP contribution in [0.1, 0.15) is 18.4 Å². The molecule has 0 saturated heterocycles. The molecular formula is C14H18BrNO2S. The highest BCUT2D eigenvalue weighted by atomic mass is 79.9. The Morgan fingerprint density at radius 3 is 2.84 bits per heavy atom. The summed E-state index contributed by atoms with van der Waals surface area (Å²) in [5, 5.41) is 9.02. The second-order valence-corrected chi connectivity index (χ2v) is 6.67. The van der Waals surface area contributed by atoms with Gasteiger partial charge in [0.2, 0.25) is 5.91 Å². The minimum atomic E-state index is 0.0459. The summed E-state index contributed by atoms with van der Waals surface area (Å²) in [6, 6.07) is 6.45. The molecule has 0 aromatic heterocycles. The average Bonchev–Trinajstić information content (AvgIpc) is 3.18. The van der Waals surface area contributed by atoms with Crippen molar-refractivity contribution in [3.63, 3.8) is 0 Å². The fraction of sp³-hybridized carbons (Fsp3) is 0.500. The zero-order valence-corrected chi connectivity index (χ0v) is 13.3. The molecule has 1 aliphatic rings. The van der Waals surface area contributed by atoms with E-state index in [9.17, 15) is 4.79 Å². The molecule has 0 atom stereocenters.